The highest BCUT2D eigenvalue weighted by Crippen LogP contribution is 2.31. The Bertz CT molecular complexity index is 489. The molecule has 1 amide bonds. The zero-order valence-electron chi connectivity index (χ0n) is 11.5. The van der Waals surface area contributed by atoms with E-state index >= 15 is 0 Å². The summed E-state index contributed by atoms with van der Waals surface area (Å²) in [4.78, 5) is 14.1. The van der Waals surface area contributed by atoms with E-state index in [1.807, 2.05) is 23.1 Å². The van der Waals surface area contributed by atoms with E-state index in [1.54, 1.807) is 0 Å². The number of nitrogens with two attached hydrogens (primary N) is 1. The van der Waals surface area contributed by atoms with Gasteiger partial charge >= 0.3 is 0 Å². The molecule has 0 saturated heterocycles. The van der Waals surface area contributed by atoms with Crippen molar-refractivity contribution in [3.8, 4) is 0 Å². The average molecular weight is 297 g/mol. The number of nitrogens with zero attached hydrogens (tertiary/aromatic N) is 1. The first-order valence-electron chi connectivity index (χ1n) is 7.01. The van der Waals surface area contributed by atoms with Gasteiger partial charge < -0.3 is 15.4 Å². The predicted octanol–water partition coefficient (Wildman–Crippen LogP) is 2.40. The smallest absolute Gasteiger partial charge is 0.252 e. The van der Waals surface area contributed by atoms with Crippen LogP contribution in [0, 0.1) is 5.92 Å². The van der Waals surface area contributed by atoms with Crippen LogP contribution in [0.25, 0.3) is 0 Å². The quantitative estimate of drug-likeness (QED) is 0.868. The molecule has 0 aromatic heterocycles. The van der Waals surface area contributed by atoms with E-state index in [9.17, 15) is 4.79 Å². The van der Waals surface area contributed by atoms with Crippen LogP contribution >= 0.6 is 12.4 Å². The minimum Gasteiger partial charge on any atom is -0.398 e. The van der Waals surface area contributed by atoms with Gasteiger partial charge in [-0.05, 0) is 49.3 Å². The molecule has 0 bridgehead atoms. The molecule has 1 fully saturated rings. The van der Waals surface area contributed by atoms with Crippen LogP contribution in [-0.4, -0.2) is 25.7 Å². The Morgan fingerprint density at radius 3 is 2.95 bits per heavy atom. The van der Waals surface area contributed by atoms with Gasteiger partial charge in [-0.15, -0.1) is 12.4 Å². The molecule has 0 atom stereocenters. The lowest BCUT2D eigenvalue weighted by molar-refractivity contribution is -0.123. The van der Waals surface area contributed by atoms with Gasteiger partial charge in [0, 0.05) is 17.9 Å². The Morgan fingerprint density at radius 2 is 2.20 bits per heavy atom. The molecule has 0 spiro atoms. The number of hydrogen-bond donors (Lipinski definition) is 1. The summed E-state index contributed by atoms with van der Waals surface area (Å²) in [6.45, 7) is 1.68. The van der Waals surface area contributed by atoms with Crippen LogP contribution in [-0.2, 0) is 16.0 Å². The van der Waals surface area contributed by atoms with E-state index in [0.29, 0.717) is 5.92 Å². The summed E-state index contributed by atoms with van der Waals surface area (Å²) in [7, 11) is 0. The molecule has 1 heterocycles. The fraction of sp³-hybridized carbons (Fsp3) is 0.533. The largest absolute Gasteiger partial charge is 0.398 e. The molecule has 2 aliphatic rings. The van der Waals surface area contributed by atoms with Crippen molar-refractivity contribution in [2.45, 2.75) is 25.7 Å². The topological polar surface area (TPSA) is 55.6 Å². The summed E-state index contributed by atoms with van der Waals surface area (Å²) in [5.41, 5.74) is 8.83. The van der Waals surface area contributed by atoms with Gasteiger partial charge in [0.05, 0.1) is 6.61 Å². The number of benzene rings is 1. The van der Waals surface area contributed by atoms with Gasteiger partial charge in [0.25, 0.3) is 5.91 Å². The third-order valence-electron chi connectivity index (χ3n) is 3.86. The number of carbonyl (C=O) groups excluding carboxylic acids is 1. The number of amides is 1. The van der Waals surface area contributed by atoms with Crippen molar-refractivity contribution in [3.63, 3.8) is 0 Å². The second kappa shape index (κ2) is 6.46. The maximum Gasteiger partial charge on any atom is 0.252 e. The molecule has 1 aliphatic heterocycles. The minimum absolute atomic E-state index is 0. The zero-order chi connectivity index (χ0) is 13.2. The SMILES string of the molecule is Cl.Nc1cccc2c1CCCN2C(=O)COCC1CC1. The minimum atomic E-state index is 0. The summed E-state index contributed by atoms with van der Waals surface area (Å²) in [5, 5.41) is 0. The lowest BCUT2D eigenvalue weighted by Gasteiger charge is -2.30. The zero-order valence-corrected chi connectivity index (χ0v) is 12.3. The van der Waals surface area contributed by atoms with E-state index in [0.717, 1.165) is 42.9 Å². The summed E-state index contributed by atoms with van der Waals surface area (Å²) in [6, 6.07) is 5.78. The first kappa shape index (κ1) is 15.1. The van der Waals surface area contributed by atoms with Crippen LogP contribution in [0.3, 0.4) is 0 Å². The van der Waals surface area contributed by atoms with Crippen molar-refractivity contribution in [2.75, 3.05) is 30.4 Å². The third-order valence-corrected chi connectivity index (χ3v) is 3.86. The number of carbonyl (C=O) groups is 1. The molecule has 1 saturated carbocycles. The molecule has 1 aliphatic carbocycles. The lowest BCUT2D eigenvalue weighted by atomic mass is 10.00. The maximum atomic E-state index is 12.2. The van der Waals surface area contributed by atoms with Crippen LogP contribution in [0.5, 0.6) is 0 Å². The highest BCUT2D eigenvalue weighted by Gasteiger charge is 2.25. The van der Waals surface area contributed by atoms with Gasteiger partial charge in [-0.2, -0.15) is 0 Å². The molecule has 4 nitrogen and oxygen atoms in total. The second-order valence-corrected chi connectivity index (χ2v) is 5.45. The molecule has 1 aromatic rings. The van der Waals surface area contributed by atoms with E-state index in [2.05, 4.69) is 0 Å². The van der Waals surface area contributed by atoms with E-state index in [4.69, 9.17) is 10.5 Å². The Hall–Kier alpha value is -1.26. The van der Waals surface area contributed by atoms with Gasteiger partial charge in [0.15, 0.2) is 0 Å². The van der Waals surface area contributed by atoms with Crippen LogP contribution in [0.2, 0.25) is 0 Å². The summed E-state index contributed by atoms with van der Waals surface area (Å²) < 4.78 is 5.50. The third kappa shape index (κ3) is 3.25. The Morgan fingerprint density at radius 1 is 1.40 bits per heavy atom. The Kier molecular flexibility index (Phi) is 4.89. The highest BCUT2D eigenvalue weighted by molar-refractivity contribution is 5.96. The van der Waals surface area contributed by atoms with Gasteiger partial charge in [-0.3, -0.25) is 4.79 Å². The van der Waals surface area contributed by atoms with Crippen molar-refractivity contribution in [3.05, 3.63) is 23.8 Å². The van der Waals surface area contributed by atoms with Crippen molar-refractivity contribution < 1.29 is 9.53 Å². The summed E-state index contributed by atoms with van der Waals surface area (Å²) >= 11 is 0. The van der Waals surface area contributed by atoms with Crippen molar-refractivity contribution in [1.29, 1.82) is 0 Å². The summed E-state index contributed by atoms with van der Waals surface area (Å²) in [6.07, 6.45) is 4.42. The highest BCUT2D eigenvalue weighted by atomic mass is 35.5. The molecule has 5 heteroatoms. The van der Waals surface area contributed by atoms with E-state index < -0.39 is 0 Å². The van der Waals surface area contributed by atoms with E-state index in [1.165, 1.54) is 12.8 Å². The molecule has 2 N–H and O–H groups in total. The van der Waals surface area contributed by atoms with Gasteiger partial charge in [0.2, 0.25) is 0 Å². The number of fused-ring (bicyclic) bond motifs is 1. The van der Waals surface area contributed by atoms with Gasteiger partial charge in [-0.1, -0.05) is 6.07 Å². The number of halogens is 1. The molecule has 1 aromatic carbocycles. The molecule has 0 radical (unpaired) electrons. The van der Waals surface area contributed by atoms with E-state index in [-0.39, 0.29) is 24.9 Å². The number of ether oxygens (including phenoxy) is 1. The molecule has 110 valence electrons. The fourth-order valence-corrected chi connectivity index (χ4v) is 2.59. The first-order valence-corrected chi connectivity index (χ1v) is 7.01. The molecule has 0 unspecified atom stereocenters. The average Bonchev–Trinajstić information content (AvgIpc) is 3.23. The van der Waals surface area contributed by atoms with Gasteiger partial charge in [-0.25, -0.2) is 0 Å². The van der Waals surface area contributed by atoms with Crippen molar-refractivity contribution >= 4 is 29.7 Å². The van der Waals surface area contributed by atoms with Crippen molar-refractivity contribution in [1.82, 2.24) is 0 Å². The van der Waals surface area contributed by atoms with Crippen molar-refractivity contribution in [2.24, 2.45) is 5.92 Å². The first-order chi connectivity index (χ1) is 9.25. The Balaban J connectivity index is 0.00000147. The normalized spacial score (nSPS) is 17.3. The lowest BCUT2D eigenvalue weighted by Crippen LogP contribution is -2.38. The monoisotopic (exact) mass is 296 g/mol. The van der Waals surface area contributed by atoms with Gasteiger partial charge in [0.1, 0.15) is 6.61 Å². The fourth-order valence-electron chi connectivity index (χ4n) is 2.59. The van der Waals surface area contributed by atoms with Crippen LogP contribution in [0.4, 0.5) is 11.4 Å². The second-order valence-electron chi connectivity index (χ2n) is 5.45. The molecule has 3 rings (SSSR count). The number of nitrogen functional groups attached to an aromatic ring is 1. The number of anilines is 2. The standard InChI is InChI=1S/C15H20N2O2.ClH/c16-13-4-1-5-14-12(13)3-2-8-17(14)15(18)10-19-9-11-6-7-11;/h1,4-5,11H,2-3,6-10,16H2;1H. The number of hydrogen-bond acceptors (Lipinski definition) is 3. The Labute approximate surface area is 125 Å². The van der Waals surface area contributed by atoms with Crippen LogP contribution in [0.15, 0.2) is 18.2 Å². The van der Waals surface area contributed by atoms with Crippen LogP contribution < -0.4 is 10.6 Å². The molecular weight excluding hydrogens is 276 g/mol. The predicted molar refractivity (Wildman–Crippen MR) is 82.3 cm³/mol. The summed E-state index contributed by atoms with van der Waals surface area (Å²) in [5.74, 6) is 0.740. The maximum absolute atomic E-state index is 12.2. The van der Waals surface area contributed by atoms with Crippen LogP contribution in [0.1, 0.15) is 24.8 Å². The number of rotatable bonds is 4. The molecule has 20 heavy (non-hydrogen) atoms. The molecular formula is C15H21ClN2O2.